The van der Waals surface area contributed by atoms with Gasteiger partial charge in [0, 0.05) is 5.22 Å². The molecule has 6 nitrogen and oxygen atoms in total. The summed E-state index contributed by atoms with van der Waals surface area (Å²) in [6.07, 6.45) is 0.404. The maximum atomic E-state index is 13.4. The van der Waals surface area contributed by atoms with E-state index in [1.54, 1.807) is 0 Å². The number of benzene rings is 3. The van der Waals surface area contributed by atoms with Gasteiger partial charge < -0.3 is 0 Å². The second-order valence-corrected chi connectivity index (χ2v) is 10.8. The molecule has 0 unspecified atom stereocenters. The predicted molar refractivity (Wildman–Crippen MR) is 131 cm³/mol. The van der Waals surface area contributed by atoms with Crippen molar-refractivity contribution in [3.05, 3.63) is 97.5 Å². The third kappa shape index (κ3) is 3.32. The highest BCUT2D eigenvalue weighted by molar-refractivity contribution is 7.92. The molecular weight excluding hydrogens is 513 g/mol. The van der Waals surface area contributed by atoms with Gasteiger partial charge in [0.15, 0.2) is 0 Å². The Hall–Kier alpha value is -4.90. The van der Waals surface area contributed by atoms with Crippen LogP contribution in [-0.4, -0.2) is 13.9 Å². The van der Waals surface area contributed by atoms with Gasteiger partial charge in [-0.2, -0.15) is 13.2 Å². The average Bonchev–Trinajstić information content (AvgIpc) is 3.43. The van der Waals surface area contributed by atoms with E-state index in [9.17, 15) is 32.1 Å². The summed E-state index contributed by atoms with van der Waals surface area (Å²) in [4.78, 5) is 5.83. The minimum Gasteiger partial charge on any atom is -0.226 e. The first-order valence-corrected chi connectivity index (χ1v) is 12.5. The van der Waals surface area contributed by atoms with E-state index in [1.165, 1.54) is 6.07 Å². The fourth-order valence-electron chi connectivity index (χ4n) is 5.30. The van der Waals surface area contributed by atoms with Crippen LogP contribution in [0.5, 0.6) is 0 Å². The summed E-state index contributed by atoms with van der Waals surface area (Å²) < 4.78 is 64.6. The van der Waals surface area contributed by atoms with Crippen LogP contribution in [0, 0.1) is 42.7 Å². The van der Waals surface area contributed by atoms with Crippen molar-refractivity contribution in [2.75, 3.05) is 0 Å². The zero-order chi connectivity index (χ0) is 27.6. The van der Waals surface area contributed by atoms with Crippen molar-refractivity contribution in [2.24, 2.45) is 0 Å². The molecule has 2 aliphatic rings. The van der Waals surface area contributed by atoms with Gasteiger partial charge in [0.2, 0.25) is 0 Å². The lowest BCUT2D eigenvalue weighted by molar-refractivity contribution is -0.0436. The molecule has 0 fully saturated rings. The summed E-state index contributed by atoms with van der Waals surface area (Å²) in [5.41, 5.74) is -1.46. The van der Waals surface area contributed by atoms with Gasteiger partial charge in [-0.05, 0) is 81.6 Å². The van der Waals surface area contributed by atoms with E-state index in [0.717, 1.165) is 23.3 Å². The average molecular weight is 526 g/mol. The number of nitriles is 2. The Bertz CT molecular complexity index is 2000. The van der Waals surface area contributed by atoms with Crippen LogP contribution in [0.15, 0.2) is 41.3 Å². The molecule has 0 bridgehead atoms. The van der Waals surface area contributed by atoms with E-state index in [1.807, 2.05) is 37.3 Å². The Kier molecular flexibility index (Phi) is 5.42. The number of nitrogens with zero attached hydrogens (tertiary/aromatic N) is 4. The zero-order valence-electron chi connectivity index (χ0n) is 19.5. The smallest absolute Gasteiger partial charge is 0.226 e. The summed E-state index contributed by atoms with van der Waals surface area (Å²) in [6, 6.07) is 12.4. The maximum absolute atomic E-state index is 13.4. The van der Waals surface area contributed by atoms with E-state index < -0.39 is 20.2 Å². The first-order valence-electron chi connectivity index (χ1n) is 11.0. The second-order valence-electron chi connectivity index (χ2n) is 8.88. The van der Waals surface area contributed by atoms with Crippen molar-refractivity contribution in [3.63, 3.8) is 0 Å². The lowest BCUT2D eigenvalue weighted by Crippen LogP contribution is -2.26. The largest absolute Gasteiger partial charge is 0.501 e. The van der Waals surface area contributed by atoms with Crippen molar-refractivity contribution in [1.29, 1.82) is 10.5 Å². The summed E-state index contributed by atoms with van der Waals surface area (Å²) in [6.45, 7) is 17.2. The van der Waals surface area contributed by atoms with Gasteiger partial charge >= 0.3 is 5.51 Å². The molecule has 0 saturated heterocycles. The summed E-state index contributed by atoms with van der Waals surface area (Å²) >= 11 is 0. The molecular formula is C28H13F3N4O2S. The monoisotopic (exact) mass is 526 g/mol. The van der Waals surface area contributed by atoms with Crippen LogP contribution in [0.3, 0.4) is 0 Å². The predicted octanol–water partition coefficient (Wildman–Crippen LogP) is 4.53. The van der Waals surface area contributed by atoms with Gasteiger partial charge in [0.25, 0.3) is 21.2 Å². The first kappa shape index (κ1) is 24.8. The van der Waals surface area contributed by atoms with Crippen molar-refractivity contribution >= 4 is 21.2 Å². The molecule has 3 aromatic carbocycles. The van der Waals surface area contributed by atoms with E-state index in [2.05, 4.69) is 9.69 Å². The molecule has 5 rings (SSSR count). The molecule has 0 heterocycles. The Balaban J connectivity index is 2.07. The molecule has 0 saturated carbocycles. The summed E-state index contributed by atoms with van der Waals surface area (Å²) in [5.74, 6) is 0. The lowest BCUT2D eigenvalue weighted by atomic mass is 9.90. The van der Waals surface area contributed by atoms with Crippen LogP contribution in [0.4, 0.5) is 13.2 Å². The highest BCUT2D eigenvalue weighted by Crippen LogP contribution is 2.42. The molecule has 10 heteroatoms. The minimum atomic E-state index is -5.68. The number of halogens is 3. The lowest BCUT2D eigenvalue weighted by Gasteiger charge is -2.14. The van der Waals surface area contributed by atoms with Gasteiger partial charge in [-0.25, -0.2) is 28.6 Å². The first-order chi connectivity index (χ1) is 18.0. The van der Waals surface area contributed by atoms with E-state index in [-0.39, 0.29) is 34.2 Å². The van der Waals surface area contributed by atoms with Crippen LogP contribution in [0.1, 0.15) is 27.8 Å². The van der Waals surface area contributed by atoms with Crippen molar-refractivity contribution in [1.82, 2.24) is 0 Å². The third-order valence-electron chi connectivity index (χ3n) is 6.85. The Labute approximate surface area is 215 Å². The van der Waals surface area contributed by atoms with E-state index >= 15 is 0 Å². The topological polar surface area (TPSA) is 90.4 Å². The molecule has 0 N–H and O–H groups in total. The van der Waals surface area contributed by atoms with Gasteiger partial charge in [0.1, 0.15) is 0 Å². The Morgan fingerprint density at radius 2 is 1.37 bits per heavy atom. The summed E-state index contributed by atoms with van der Waals surface area (Å²) in [7, 11) is -5.68. The van der Waals surface area contributed by atoms with Gasteiger partial charge in [-0.1, -0.05) is 29.8 Å². The van der Waals surface area contributed by atoms with Crippen LogP contribution in [-0.2, 0) is 22.7 Å². The molecule has 0 aliphatic heterocycles. The van der Waals surface area contributed by atoms with Crippen LogP contribution in [0.25, 0.3) is 43.3 Å². The molecule has 0 radical (unpaired) electrons. The van der Waals surface area contributed by atoms with Crippen molar-refractivity contribution < 1.29 is 21.6 Å². The van der Waals surface area contributed by atoms with Crippen LogP contribution in [0.2, 0.25) is 0 Å². The SMILES string of the molecule is [C-]#[N+]/C(C#N)=c1\c2c(/c(=C(/C#N)[N+]#[C-])c3c1Cc1ccc(S(=O)(=O)C(F)(F)F)cc1-3)-c1cc(C)ccc1C2. The number of aryl methyl sites for hydroxylation is 1. The number of fused-ring (bicyclic) bond motifs is 6. The third-order valence-corrected chi connectivity index (χ3v) is 8.33. The molecule has 38 heavy (non-hydrogen) atoms. The Morgan fingerprint density at radius 1 is 0.868 bits per heavy atom. The fraction of sp³-hybridized carbons (Fsp3) is 0.143. The molecule has 3 aromatic rings. The number of alkyl halides is 3. The van der Waals surface area contributed by atoms with Crippen molar-refractivity contribution in [3.8, 4) is 34.4 Å². The highest BCUT2D eigenvalue weighted by Gasteiger charge is 2.47. The van der Waals surface area contributed by atoms with Crippen molar-refractivity contribution in [2.45, 2.75) is 30.2 Å². The zero-order valence-corrected chi connectivity index (χ0v) is 20.3. The number of sulfone groups is 1. The minimum absolute atomic E-state index is 0.0827. The molecule has 0 spiro atoms. The molecule has 0 atom stereocenters. The molecule has 0 aromatic heterocycles. The molecule has 2 aliphatic carbocycles. The van der Waals surface area contributed by atoms with Crippen LogP contribution >= 0.6 is 0 Å². The Morgan fingerprint density at radius 3 is 1.87 bits per heavy atom. The normalized spacial score (nSPS) is 14.5. The van der Waals surface area contributed by atoms with Gasteiger partial charge in [-0.15, -0.1) is 0 Å². The fourth-order valence-corrected chi connectivity index (χ4v) is 6.09. The molecule has 184 valence electrons. The highest BCUT2D eigenvalue weighted by atomic mass is 32.2. The van der Waals surface area contributed by atoms with E-state index in [4.69, 9.17) is 13.1 Å². The number of hydrogen-bond acceptors (Lipinski definition) is 4. The van der Waals surface area contributed by atoms with E-state index in [0.29, 0.717) is 39.5 Å². The standard InChI is InChI=1S/C28H13F3N4O2S/c1-14-4-5-15-9-20-24(22(12-32)34-2)21-10-16-6-7-17(38(36,37)28(29,30)31)11-19(16)26(21)27(23(13-33)35-3)25(20)18(15)8-14/h4-8,11H,9-10H2,1H3/b24-22+,27-23+. The van der Waals surface area contributed by atoms with Gasteiger partial charge in [0.05, 0.1) is 30.2 Å². The second kappa shape index (κ2) is 8.32. The summed E-state index contributed by atoms with van der Waals surface area (Å²) in [5, 5.41) is 20.2. The molecule has 0 amide bonds. The van der Waals surface area contributed by atoms with Crippen LogP contribution < -0.4 is 10.4 Å². The maximum Gasteiger partial charge on any atom is 0.501 e. The number of hydrogen-bond donors (Lipinski definition) is 0. The quantitative estimate of drug-likeness (QED) is 0.300. The number of rotatable bonds is 1. The van der Waals surface area contributed by atoms with Gasteiger partial charge in [-0.3, -0.25) is 0 Å².